The van der Waals surface area contributed by atoms with E-state index in [0.717, 1.165) is 12.8 Å². The largest absolute Gasteiger partial charge is 0.396 e. The van der Waals surface area contributed by atoms with Gasteiger partial charge < -0.3 is 5.11 Å². The molecule has 0 aromatic rings. The van der Waals surface area contributed by atoms with Crippen LogP contribution in [0.25, 0.3) is 0 Å². The summed E-state index contributed by atoms with van der Waals surface area (Å²) < 4.78 is 25.8. The Hall–Kier alpha value is 0.160. The molecule has 0 bridgehead atoms. The summed E-state index contributed by atoms with van der Waals surface area (Å²) in [6, 6.07) is 0. The van der Waals surface area contributed by atoms with Crippen LogP contribution in [0.5, 0.6) is 0 Å². The van der Waals surface area contributed by atoms with Gasteiger partial charge in [-0.2, -0.15) is 0 Å². The summed E-state index contributed by atoms with van der Waals surface area (Å²) in [6.07, 6.45) is 2.59. The number of hydrogen-bond acceptors (Lipinski definition) is 3. The maximum atomic E-state index is 12.1. The van der Waals surface area contributed by atoms with Crippen LogP contribution in [0, 0.1) is 11.8 Å². The van der Waals surface area contributed by atoms with Gasteiger partial charge in [0, 0.05) is 25.6 Å². The van der Waals surface area contributed by atoms with E-state index in [4.69, 9.17) is 16.7 Å². The number of hydrogen-bond donors (Lipinski definition) is 1. The number of sulfonamides is 1. The van der Waals surface area contributed by atoms with Crippen LogP contribution >= 0.6 is 11.6 Å². The van der Waals surface area contributed by atoms with E-state index in [1.165, 1.54) is 0 Å². The van der Waals surface area contributed by atoms with Crippen molar-refractivity contribution >= 4 is 21.6 Å². The number of nitrogens with zero attached hydrogens (tertiary/aromatic N) is 1. The molecule has 2 atom stereocenters. The SMILES string of the molecule is CC(CCl)CS(=O)(=O)N1CCCC(CCO)C1. The van der Waals surface area contributed by atoms with Crippen molar-refractivity contribution in [3.05, 3.63) is 0 Å². The van der Waals surface area contributed by atoms with Crippen molar-refractivity contribution in [1.82, 2.24) is 4.31 Å². The van der Waals surface area contributed by atoms with Crippen molar-refractivity contribution < 1.29 is 13.5 Å². The Kier molecular flexibility index (Phi) is 6.20. The van der Waals surface area contributed by atoms with Gasteiger partial charge in [0.05, 0.1) is 5.75 Å². The molecule has 1 aliphatic heterocycles. The molecule has 17 heavy (non-hydrogen) atoms. The highest BCUT2D eigenvalue weighted by molar-refractivity contribution is 7.89. The summed E-state index contributed by atoms with van der Waals surface area (Å²) >= 11 is 5.66. The van der Waals surface area contributed by atoms with Crippen LogP contribution in [0.2, 0.25) is 0 Å². The maximum absolute atomic E-state index is 12.1. The Morgan fingerprint density at radius 3 is 2.82 bits per heavy atom. The Balaban J connectivity index is 2.58. The lowest BCUT2D eigenvalue weighted by Gasteiger charge is -2.32. The average molecular weight is 284 g/mol. The monoisotopic (exact) mass is 283 g/mol. The number of halogens is 1. The van der Waals surface area contributed by atoms with Gasteiger partial charge in [-0.05, 0) is 31.1 Å². The average Bonchev–Trinajstić information content (AvgIpc) is 2.29. The second-order valence-corrected chi connectivity index (χ2v) is 7.24. The summed E-state index contributed by atoms with van der Waals surface area (Å²) in [4.78, 5) is 0. The van der Waals surface area contributed by atoms with Gasteiger partial charge >= 0.3 is 0 Å². The van der Waals surface area contributed by atoms with Gasteiger partial charge in [-0.25, -0.2) is 12.7 Å². The second-order valence-electron chi connectivity index (χ2n) is 4.92. The summed E-state index contributed by atoms with van der Waals surface area (Å²) in [5, 5.41) is 8.91. The fourth-order valence-corrected chi connectivity index (χ4v) is 4.34. The van der Waals surface area contributed by atoms with Crippen LogP contribution in [0.15, 0.2) is 0 Å². The molecule has 102 valence electrons. The van der Waals surface area contributed by atoms with Crippen molar-refractivity contribution in [3.63, 3.8) is 0 Å². The molecular weight excluding hydrogens is 262 g/mol. The highest BCUT2D eigenvalue weighted by Gasteiger charge is 2.29. The van der Waals surface area contributed by atoms with Crippen molar-refractivity contribution in [3.8, 4) is 0 Å². The molecule has 0 amide bonds. The third-order valence-corrected chi connectivity index (χ3v) is 5.81. The molecule has 0 saturated carbocycles. The van der Waals surface area contributed by atoms with E-state index >= 15 is 0 Å². The van der Waals surface area contributed by atoms with Crippen LogP contribution in [-0.2, 0) is 10.0 Å². The molecular formula is C11H22ClNO3S. The first kappa shape index (κ1) is 15.2. The third kappa shape index (κ3) is 4.73. The van der Waals surface area contributed by atoms with Crippen LogP contribution in [-0.4, -0.2) is 49.2 Å². The van der Waals surface area contributed by atoms with Gasteiger partial charge in [-0.3, -0.25) is 0 Å². The first-order valence-electron chi connectivity index (χ1n) is 6.14. The Bertz CT molecular complexity index is 319. The Morgan fingerprint density at radius 2 is 2.24 bits per heavy atom. The van der Waals surface area contributed by atoms with Gasteiger partial charge in [0.1, 0.15) is 0 Å². The van der Waals surface area contributed by atoms with Crippen molar-refractivity contribution in [1.29, 1.82) is 0 Å². The number of alkyl halides is 1. The lowest BCUT2D eigenvalue weighted by atomic mass is 9.97. The third-order valence-electron chi connectivity index (χ3n) is 3.17. The minimum Gasteiger partial charge on any atom is -0.396 e. The lowest BCUT2D eigenvalue weighted by Crippen LogP contribution is -2.42. The van der Waals surface area contributed by atoms with E-state index in [1.807, 2.05) is 6.92 Å². The Labute approximate surface area is 109 Å². The van der Waals surface area contributed by atoms with E-state index in [9.17, 15) is 8.42 Å². The second kappa shape index (κ2) is 6.92. The number of aliphatic hydroxyl groups excluding tert-OH is 1. The first-order valence-corrected chi connectivity index (χ1v) is 8.28. The van der Waals surface area contributed by atoms with E-state index in [1.54, 1.807) is 4.31 Å². The highest BCUT2D eigenvalue weighted by atomic mass is 35.5. The number of rotatable bonds is 6. The predicted molar refractivity (Wildman–Crippen MR) is 69.7 cm³/mol. The number of aliphatic hydroxyl groups is 1. The van der Waals surface area contributed by atoms with Crippen molar-refractivity contribution in [2.45, 2.75) is 26.2 Å². The number of piperidine rings is 1. The fourth-order valence-electron chi connectivity index (χ4n) is 2.21. The maximum Gasteiger partial charge on any atom is 0.214 e. The minimum absolute atomic E-state index is 0.0140. The van der Waals surface area contributed by atoms with Crippen LogP contribution in [0.3, 0.4) is 0 Å². The molecule has 0 spiro atoms. The fraction of sp³-hybridized carbons (Fsp3) is 1.00. The van der Waals surface area contributed by atoms with E-state index in [2.05, 4.69) is 0 Å². The molecule has 1 rings (SSSR count). The van der Waals surface area contributed by atoms with Crippen molar-refractivity contribution in [2.75, 3.05) is 31.3 Å². The van der Waals surface area contributed by atoms with Gasteiger partial charge in [0.25, 0.3) is 0 Å². The van der Waals surface area contributed by atoms with Crippen LogP contribution in [0.4, 0.5) is 0 Å². The lowest BCUT2D eigenvalue weighted by molar-refractivity contribution is 0.202. The van der Waals surface area contributed by atoms with Gasteiger partial charge in [-0.15, -0.1) is 11.6 Å². The summed E-state index contributed by atoms with van der Waals surface area (Å²) in [5.74, 6) is 0.782. The van der Waals surface area contributed by atoms with E-state index in [0.29, 0.717) is 31.3 Å². The molecule has 6 heteroatoms. The smallest absolute Gasteiger partial charge is 0.214 e. The van der Waals surface area contributed by atoms with Gasteiger partial charge in [0.15, 0.2) is 0 Å². The molecule has 2 unspecified atom stereocenters. The molecule has 1 heterocycles. The molecule has 0 aromatic carbocycles. The Morgan fingerprint density at radius 1 is 1.53 bits per heavy atom. The molecule has 1 aliphatic rings. The topological polar surface area (TPSA) is 57.6 Å². The predicted octanol–water partition coefficient (Wildman–Crippen LogP) is 1.29. The molecule has 1 saturated heterocycles. The van der Waals surface area contributed by atoms with Gasteiger partial charge in [0.2, 0.25) is 10.0 Å². The zero-order chi connectivity index (χ0) is 12.9. The zero-order valence-electron chi connectivity index (χ0n) is 10.3. The molecule has 0 aromatic heterocycles. The molecule has 4 nitrogen and oxygen atoms in total. The molecule has 0 radical (unpaired) electrons. The van der Waals surface area contributed by atoms with E-state index < -0.39 is 10.0 Å². The van der Waals surface area contributed by atoms with Crippen LogP contribution in [0.1, 0.15) is 26.2 Å². The molecule has 1 N–H and O–H groups in total. The summed E-state index contributed by atoms with van der Waals surface area (Å²) in [5.41, 5.74) is 0. The van der Waals surface area contributed by atoms with Crippen LogP contribution < -0.4 is 0 Å². The zero-order valence-corrected chi connectivity index (χ0v) is 11.9. The summed E-state index contributed by atoms with van der Waals surface area (Å²) in [6.45, 7) is 3.15. The first-order chi connectivity index (χ1) is 7.99. The summed E-state index contributed by atoms with van der Waals surface area (Å²) in [7, 11) is -3.18. The standard InChI is InChI=1S/C11H22ClNO3S/c1-10(7-12)9-17(15,16)13-5-2-3-11(8-13)4-6-14/h10-11,14H,2-9H2,1H3. The minimum atomic E-state index is -3.18. The molecule has 1 fully saturated rings. The van der Waals surface area contributed by atoms with Gasteiger partial charge in [-0.1, -0.05) is 6.92 Å². The van der Waals surface area contributed by atoms with E-state index in [-0.39, 0.29) is 18.3 Å². The quantitative estimate of drug-likeness (QED) is 0.747. The molecule has 0 aliphatic carbocycles. The highest BCUT2D eigenvalue weighted by Crippen LogP contribution is 2.22. The van der Waals surface area contributed by atoms with Crippen molar-refractivity contribution in [2.24, 2.45) is 11.8 Å². The normalized spacial score (nSPS) is 24.8.